The Hall–Kier alpha value is -2.30. The highest BCUT2D eigenvalue weighted by atomic mass is 16.2. The summed E-state index contributed by atoms with van der Waals surface area (Å²) < 4.78 is 0. The van der Waals surface area contributed by atoms with E-state index in [-0.39, 0.29) is 11.9 Å². The van der Waals surface area contributed by atoms with Crippen LogP contribution in [0.1, 0.15) is 31.5 Å². The Balaban J connectivity index is 1.84. The van der Waals surface area contributed by atoms with Crippen LogP contribution in [0.25, 0.3) is 0 Å². The molecule has 2 aromatic rings. The maximum atomic E-state index is 11.9. The molecule has 3 rings (SSSR count). The van der Waals surface area contributed by atoms with Crippen LogP contribution in [0.15, 0.2) is 36.5 Å². The Morgan fingerprint density at radius 2 is 2.20 bits per heavy atom. The Labute approximate surface area is 118 Å². The molecule has 2 N–H and O–H groups in total. The number of nitrogens with zero attached hydrogens (tertiary/aromatic N) is 2. The van der Waals surface area contributed by atoms with Crippen LogP contribution in [0.2, 0.25) is 0 Å². The van der Waals surface area contributed by atoms with E-state index in [9.17, 15) is 4.79 Å². The number of H-pyrrole nitrogens is 1. The molecule has 1 saturated heterocycles. The third kappa shape index (κ3) is 2.39. The van der Waals surface area contributed by atoms with E-state index < -0.39 is 0 Å². The van der Waals surface area contributed by atoms with Gasteiger partial charge in [0.05, 0.1) is 23.1 Å². The first-order valence-electron chi connectivity index (χ1n) is 6.91. The molecule has 0 aliphatic carbocycles. The van der Waals surface area contributed by atoms with Gasteiger partial charge >= 0.3 is 0 Å². The Morgan fingerprint density at radius 3 is 2.90 bits per heavy atom. The number of carbonyl (C=O) groups excluding carboxylic acids is 1. The molecule has 1 aliphatic heterocycles. The first-order chi connectivity index (χ1) is 9.75. The van der Waals surface area contributed by atoms with E-state index in [0.29, 0.717) is 6.42 Å². The van der Waals surface area contributed by atoms with Crippen LogP contribution >= 0.6 is 0 Å². The lowest BCUT2D eigenvalue weighted by molar-refractivity contribution is -0.117. The van der Waals surface area contributed by atoms with E-state index in [4.69, 9.17) is 0 Å². The van der Waals surface area contributed by atoms with E-state index in [1.165, 1.54) is 0 Å². The predicted octanol–water partition coefficient (Wildman–Crippen LogP) is 2.71. The number of amides is 1. The molecule has 5 heteroatoms. The van der Waals surface area contributed by atoms with Crippen molar-refractivity contribution >= 4 is 17.3 Å². The van der Waals surface area contributed by atoms with Crippen LogP contribution in [0.4, 0.5) is 11.4 Å². The summed E-state index contributed by atoms with van der Waals surface area (Å²) in [7, 11) is 0. The van der Waals surface area contributed by atoms with Gasteiger partial charge in [-0.15, -0.1) is 0 Å². The van der Waals surface area contributed by atoms with Crippen molar-refractivity contribution < 1.29 is 4.79 Å². The van der Waals surface area contributed by atoms with Crippen molar-refractivity contribution in [3.8, 4) is 0 Å². The fourth-order valence-electron chi connectivity index (χ4n) is 2.55. The van der Waals surface area contributed by atoms with Gasteiger partial charge in [0.1, 0.15) is 0 Å². The summed E-state index contributed by atoms with van der Waals surface area (Å²) in [4.78, 5) is 13.8. The first kappa shape index (κ1) is 12.7. The highest BCUT2D eigenvalue weighted by Gasteiger charge is 2.24. The number of aromatic nitrogens is 2. The smallest absolute Gasteiger partial charge is 0.227 e. The number of aromatic amines is 1. The summed E-state index contributed by atoms with van der Waals surface area (Å²) in [5.74, 6) is 0.202. The van der Waals surface area contributed by atoms with Crippen LogP contribution in [0.3, 0.4) is 0 Å². The van der Waals surface area contributed by atoms with Gasteiger partial charge in [-0.3, -0.25) is 9.89 Å². The molecule has 20 heavy (non-hydrogen) atoms. The number of para-hydroxylation sites is 2. The van der Waals surface area contributed by atoms with Crippen molar-refractivity contribution in [2.75, 3.05) is 16.8 Å². The highest BCUT2D eigenvalue weighted by molar-refractivity contribution is 5.98. The Bertz CT molecular complexity index is 594. The van der Waals surface area contributed by atoms with Gasteiger partial charge in [-0.1, -0.05) is 12.1 Å². The van der Waals surface area contributed by atoms with Gasteiger partial charge in [-0.2, -0.15) is 5.10 Å². The second-order valence-electron chi connectivity index (χ2n) is 5.04. The number of hydrogen-bond donors (Lipinski definition) is 2. The molecule has 1 aromatic heterocycles. The number of benzene rings is 1. The van der Waals surface area contributed by atoms with Crippen molar-refractivity contribution in [2.45, 2.75) is 25.8 Å². The number of carbonyl (C=O) groups is 1. The van der Waals surface area contributed by atoms with Gasteiger partial charge in [0, 0.05) is 19.2 Å². The van der Waals surface area contributed by atoms with E-state index in [2.05, 4.69) is 22.4 Å². The van der Waals surface area contributed by atoms with Gasteiger partial charge < -0.3 is 10.2 Å². The molecule has 1 atom stereocenters. The topological polar surface area (TPSA) is 61.0 Å². The minimum absolute atomic E-state index is 0.108. The molecule has 1 aliphatic rings. The number of anilines is 2. The van der Waals surface area contributed by atoms with Crippen LogP contribution < -0.4 is 10.2 Å². The molecular weight excluding hydrogens is 252 g/mol. The third-order valence-corrected chi connectivity index (χ3v) is 3.63. The van der Waals surface area contributed by atoms with Gasteiger partial charge in [-0.05, 0) is 31.5 Å². The maximum Gasteiger partial charge on any atom is 0.227 e. The zero-order valence-corrected chi connectivity index (χ0v) is 11.5. The zero-order chi connectivity index (χ0) is 13.9. The standard InChI is InChI=1S/C15H18N4O/c1-11(12-8-9-16-18-12)17-13-5-2-3-6-14(13)19-10-4-7-15(19)20/h2-3,5-6,8-9,11,17H,4,7,10H2,1H3,(H,16,18). The van der Waals surface area contributed by atoms with E-state index in [0.717, 1.165) is 30.0 Å². The van der Waals surface area contributed by atoms with Crippen LogP contribution in [0.5, 0.6) is 0 Å². The maximum absolute atomic E-state index is 11.9. The predicted molar refractivity (Wildman–Crippen MR) is 78.7 cm³/mol. The van der Waals surface area contributed by atoms with Crippen molar-refractivity contribution in [2.24, 2.45) is 0 Å². The van der Waals surface area contributed by atoms with E-state index in [1.54, 1.807) is 6.20 Å². The van der Waals surface area contributed by atoms with Crippen molar-refractivity contribution in [3.05, 3.63) is 42.2 Å². The monoisotopic (exact) mass is 270 g/mol. The van der Waals surface area contributed by atoms with Crippen molar-refractivity contribution in [1.29, 1.82) is 0 Å². The van der Waals surface area contributed by atoms with Crippen LogP contribution in [-0.4, -0.2) is 22.6 Å². The fraction of sp³-hybridized carbons (Fsp3) is 0.333. The normalized spacial score (nSPS) is 16.4. The lowest BCUT2D eigenvalue weighted by Gasteiger charge is -2.22. The fourth-order valence-corrected chi connectivity index (χ4v) is 2.55. The quantitative estimate of drug-likeness (QED) is 0.898. The van der Waals surface area contributed by atoms with Crippen LogP contribution in [0, 0.1) is 0 Å². The number of nitrogens with one attached hydrogen (secondary N) is 2. The molecule has 0 saturated carbocycles. The second kappa shape index (κ2) is 5.36. The first-order valence-corrected chi connectivity index (χ1v) is 6.91. The minimum atomic E-state index is 0.108. The molecule has 1 amide bonds. The molecule has 1 unspecified atom stereocenters. The van der Waals surface area contributed by atoms with Gasteiger partial charge in [0.25, 0.3) is 0 Å². The summed E-state index contributed by atoms with van der Waals surface area (Å²) >= 11 is 0. The SMILES string of the molecule is CC(Nc1ccccc1N1CCCC1=O)c1ccn[nH]1. The Morgan fingerprint density at radius 1 is 1.35 bits per heavy atom. The molecule has 5 nitrogen and oxygen atoms in total. The summed E-state index contributed by atoms with van der Waals surface area (Å²) in [6, 6.07) is 10.00. The largest absolute Gasteiger partial charge is 0.375 e. The summed E-state index contributed by atoms with van der Waals surface area (Å²) in [6.07, 6.45) is 3.32. The average Bonchev–Trinajstić information content (AvgIpc) is 3.10. The van der Waals surface area contributed by atoms with Crippen molar-refractivity contribution in [3.63, 3.8) is 0 Å². The molecule has 0 radical (unpaired) electrons. The second-order valence-corrected chi connectivity index (χ2v) is 5.04. The summed E-state index contributed by atoms with van der Waals surface area (Å²) in [6.45, 7) is 2.87. The molecule has 0 bridgehead atoms. The number of hydrogen-bond acceptors (Lipinski definition) is 3. The molecule has 1 aromatic carbocycles. The van der Waals surface area contributed by atoms with E-state index in [1.807, 2.05) is 35.2 Å². The lowest BCUT2D eigenvalue weighted by atomic mass is 10.2. The molecule has 0 spiro atoms. The van der Waals surface area contributed by atoms with Crippen molar-refractivity contribution in [1.82, 2.24) is 10.2 Å². The molecular formula is C15H18N4O. The molecule has 2 heterocycles. The Kier molecular flexibility index (Phi) is 3.41. The van der Waals surface area contributed by atoms with Gasteiger partial charge in [-0.25, -0.2) is 0 Å². The third-order valence-electron chi connectivity index (χ3n) is 3.63. The summed E-state index contributed by atoms with van der Waals surface area (Å²) in [5, 5.41) is 10.4. The highest BCUT2D eigenvalue weighted by Crippen LogP contribution is 2.31. The van der Waals surface area contributed by atoms with Gasteiger partial charge in [0.2, 0.25) is 5.91 Å². The molecule has 1 fully saturated rings. The summed E-state index contributed by atoms with van der Waals surface area (Å²) in [5.41, 5.74) is 2.96. The molecule has 104 valence electrons. The minimum Gasteiger partial charge on any atom is -0.375 e. The van der Waals surface area contributed by atoms with Gasteiger partial charge in [0.15, 0.2) is 0 Å². The van der Waals surface area contributed by atoms with Crippen LogP contribution in [-0.2, 0) is 4.79 Å². The average molecular weight is 270 g/mol. The van der Waals surface area contributed by atoms with E-state index >= 15 is 0 Å². The number of rotatable bonds is 4. The lowest BCUT2D eigenvalue weighted by Crippen LogP contribution is -2.25. The zero-order valence-electron chi connectivity index (χ0n) is 11.5.